The molecule has 26 heavy (non-hydrogen) atoms. The maximum absolute atomic E-state index is 12.9. The van der Waals surface area contributed by atoms with Crippen molar-refractivity contribution in [3.05, 3.63) is 29.8 Å². The third-order valence-corrected chi connectivity index (χ3v) is 5.37. The Hall–Kier alpha value is -1.79. The number of amides is 2. The summed E-state index contributed by atoms with van der Waals surface area (Å²) in [6, 6.07) is 7.16. The van der Waals surface area contributed by atoms with Gasteiger partial charge in [-0.3, -0.25) is 9.59 Å². The molecule has 0 radical (unpaired) electrons. The maximum atomic E-state index is 12.9. The van der Waals surface area contributed by atoms with Crippen LogP contribution in [0.15, 0.2) is 24.3 Å². The molecule has 0 aliphatic carbocycles. The van der Waals surface area contributed by atoms with E-state index in [2.05, 4.69) is 0 Å². The second-order valence-electron chi connectivity index (χ2n) is 6.51. The molecule has 1 aromatic rings. The molecular weight excluding hydrogens is 354 g/mol. The molecule has 0 bridgehead atoms. The molecule has 0 spiro atoms. The fourth-order valence-corrected chi connectivity index (χ4v) is 3.32. The predicted octanol–water partition coefficient (Wildman–Crippen LogP) is 2.17. The van der Waals surface area contributed by atoms with Gasteiger partial charge in [-0.25, -0.2) is 0 Å². The topological polar surface area (TPSA) is 75.9 Å². The van der Waals surface area contributed by atoms with Crippen LogP contribution in [0.4, 0.5) is 0 Å². The van der Waals surface area contributed by atoms with Crippen LogP contribution < -0.4 is 10.5 Å². The number of ether oxygens (including phenoxy) is 1. The lowest BCUT2D eigenvalue weighted by Gasteiger charge is -2.40. The second kappa shape index (κ2) is 9.78. The number of benzene rings is 1. The maximum Gasteiger partial charge on any atom is 0.254 e. The monoisotopic (exact) mass is 383 g/mol. The normalized spacial score (nSPS) is 14.6. The molecule has 1 heterocycles. The van der Waals surface area contributed by atoms with Gasteiger partial charge in [-0.15, -0.1) is 12.4 Å². The first kappa shape index (κ1) is 22.3. The van der Waals surface area contributed by atoms with E-state index in [1.807, 2.05) is 30.9 Å². The van der Waals surface area contributed by atoms with E-state index >= 15 is 0 Å². The van der Waals surface area contributed by atoms with Gasteiger partial charge in [-0.1, -0.05) is 19.9 Å². The van der Waals surface area contributed by atoms with E-state index in [0.717, 1.165) is 12.8 Å². The molecule has 2 N–H and O–H groups in total. The Morgan fingerprint density at radius 2 is 1.69 bits per heavy atom. The molecule has 0 unspecified atom stereocenters. The van der Waals surface area contributed by atoms with E-state index in [9.17, 15) is 9.59 Å². The van der Waals surface area contributed by atoms with Crippen LogP contribution in [0.3, 0.4) is 0 Å². The average Bonchev–Trinajstić information content (AvgIpc) is 2.69. The van der Waals surface area contributed by atoms with Crippen molar-refractivity contribution in [3.8, 4) is 5.75 Å². The minimum Gasteiger partial charge on any atom is -0.497 e. The van der Waals surface area contributed by atoms with Gasteiger partial charge in [0.25, 0.3) is 5.91 Å². The summed E-state index contributed by atoms with van der Waals surface area (Å²) < 4.78 is 5.18. The highest BCUT2D eigenvalue weighted by molar-refractivity contribution is 5.95. The van der Waals surface area contributed by atoms with Crippen LogP contribution in [-0.4, -0.2) is 61.4 Å². The lowest BCUT2D eigenvalue weighted by Crippen LogP contribution is -2.55. The lowest BCUT2D eigenvalue weighted by molar-refractivity contribution is -0.143. The van der Waals surface area contributed by atoms with Gasteiger partial charge in [-0.05, 0) is 31.0 Å². The van der Waals surface area contributed by atoms with Gasteiger partial charge in [0.05, 0.1) is 12.5 Å². The number of halogens is 1. The van der Waals surface area contributed by atoms with Crippen LogP contribution in [0.25, 0.3) is 0 Å². The first-order chi connectivity index (χ1) is 12.0. The molecule has 0 aromatic heterocycles. The van der Waals surface area contributed by atoms with Crippen molar-refractivity contribution in [2.24, 2.45) is 11.1 Å². The van der Waals surface area contributed by atoms with Gasteiger partial charge >= 0.3 is 0 Å². The largest absolute Gasteiger partial charge is 0.497 e. The van der Waals surface area contributed by atoms with E-state index in [1.165, 1.54) is 0 Å². The van der Waals surface area contributed by atoms with Gasteiger partial charge in [0.15, 0.2) is 0 Å². The van der Waals surface area contributed by atoms with Gasteiger partial charge in [-0.2, -0.15) is 0 Å². The minimum atomic E-state index is -0.473. The number of nitrogens with zero attached hydrogens (tertiary/aromatic N) is 2. The van der Waals surface area contributed by atoms with Crippen molar-refractivity contribution in [1.82, 2.24) is 9.80 Å². The predicted molar refractivity (Wildman–Crippen MR) is 105 cm³/mol. The number of hydrogen-bond donors (Lipinski definition) is 1. The Balaban J connectivity index is 0.00000338. The highest BCUT2D eigenvalue weighted by Crippen LogP contribution is 2.28. The van der Waals surface area contributed by atoms with E-state index in [-0.39, 0.29) is 24.2 Å². The van der Waals surface area contributed by atoms with E-state index in [1.54, 1.807) is 24.1 Å². The van der Waals surface area contributed by atoms with E-state index in [4.69, 9.17) is 10.5 Å². The smallest absolute Gasteiger partial charge is 0.254 e. The summed E-state index contributed by atoms with van der Waals surface area (Å²) in [5.74, 6) is 0.758. The van der Waals surface area contributed by atoms with Gasteiger partial charge in [0.2, 0.25) is 5.91 Å². The van der Waals surface area contributed by atoms with E-state index < -0.39 is 5.41 Å². The first-order valence-electron chi connectivity index (χ1n) is 8.94. The molecule has 1 aliphatic heterocycles. The number of piperazine rings is 1. The lowest BCUT2D eigenvalue weighted by atomic mass is 9.81. The first-order valence-corrected chi connectivity index (χ1v) is 8.94. The summed E-state index contributed by atoms with van der Waals surface area (Å²) >= 11 is 0. The zero-order valence-electron chi connectivity index (χ0n) is 15.9. The molecule has 0 saturated carbocycles. The molecule has 1 fully saturated rings. The summed E-state index contributed by atoms with van der Waals surface area (Å²) in [7, 11) is 1.58. The third kappa shape index (κ3) is 4.48. The highest BCUT2D eigenvalue weighted by atomic mass is 35.5. The minimum absolute atomic E-state index is 0. The van der Waals surface area contributed by atoms with Crippen molar-refractivity contribution in [3.63, 3.8) is 0 Å². The van der Waals surface area contributed by atoms with Crippen LogP contribution in [0.2, 0.25) is 0 Å². The standard InChI is InChI=1S/C19H29N3O3.ClH/c1-4-19(5-2,14-20)18(24)22-11-9-21(10-12-22)17(23)15-7-6-8-16(13-15)25-3;/h6-8,13H,4-5,9-12,14,20H2,1-3H3;1H. The summed E-state index contributed by atoms with van der Waals surface area (Å²) in [5, 5.41) is 0. The molecule has 0 atom stereocenters. The highest BCUT2D eigenvalue weighted by Gasteiger charge is 2.38. The van der Waals surface area contributed by atoms with Crippen LogP contribution in [0.5, 0.6) is 5.75 Å². The molecule has 1 saturated heterocycles. The van der Waals surface area contributed by atoms with Gasteiger partial charge < -0.3 is 20.3 Å². The third-order valence-electron chi connectivity index (χ3n) is 5.37. The molecule has 1 aromatic carbocycles. The van der Waals surface area contributed by atoms with Crippen LogP contribution >= 0.6 is 12.4 Å². The average molecular weight is 384 g/mol. The van der Waals surface area contributed by atoms with Crippen molar-refractivity contribution < 1.29 is 14.3 Å². The summed E-state index contributed by atoms with van der Waals surface area (Å²) in [6.07, 6.45) is 1.48. The summed E-state index contributed by atoms with van der Waals surface area (Å²) in [6.45, 7) is 6.56. The Morgan fingerprint density at radius 1 is 1.12 bits per heavy atom. The number of nitrogens with two attached hydrogens (primary N) is 1. The summed E-state index contributed by atoms with van der Waals surface area (Å²) in [5.41, 5.74) is 6.03. The molecular formula is C19H30ClN3O3. The van der Waals surface area contributed by atoms with Crippen LogP contribution in [0.1, 0.15) is 37.0 Å². The molecule has 2 rings (SSSR count). The van der Waals surface area contributed by atoms with Crippen molar-refractivity contribution >= 4 is 24.2 Å². The molecule has 2 amide bonds. The zero-order valence-corrected chi connectivity index (χ0v) is 16.7. The number of carbonyl (C=O) groups excluding carboxylic acids is 2. The van der Waals surface area contributed by atoms with E-state index in [0.29, 0.717) is 44.0 Å². The molecule has 6 nitrogen and oxygen atoms in total. The summed E-state index contributed by atoms with van der Waals surface area (Å²) in [4.78, 5) is 29.2. The number of rotatable bonds is 6. The quantitative estimate of drug-likeness (QED) is 0.816. The van der Waals surface area contributed by atoms with Gasteiger partial charge in [0, 0.05) is 38.3 Å². The SMILES string of the molecule is CCC(CC)(CN)C(=O)N1CCN(C(=O)c2cccc(OC)c2)CC1.Cl. The molecule has 1 aliphatic rings. The van der Waals surface area contributed by atoms with Crippen molar-refractivity contribution in [2.75, 3.05) is 39.8 Å². The molecule has 7 heteroatoms. The Bertz CT molecular complexity index is 604. The van der Waals surface area contributed by atoms with Crippen LogP contribution in [-0.2, 0) is 4.79 Å². The van der Waals surface area contributed by atoms with Crippen LogP contribution in [0, 0.1) is 5.41 Å². The number of methoxy groups -OCH3 is 1. The van der Waals surface area contributed by atoms with Crippen molar-refractivity contribution in [2.45, 2.75) is 26.7 Å². The number of carbonyl (C=O) groups is 2. The fourth-order valence-electron chi connectivity index (χ4n) is 3.32. The molecule has 146 valence electrons. The fraction of sp³-hybridized carbons (Fsp3) is 0.579. The Labute approximate surface area is 162 Å². The zero-order chi connectivity index (χ0) is 18.4. The Morgan fingerprint density at radius 3 is 2.19 bits per heavy atom. The van der Waals surface area contributed by atoms with Gasteiger partial charge in [0.1, 0.15) is 5.75 Å². The number of hydrogen-bond acceptors (Lipinski definition) is 4. The second-order valence-corrected chi connectivity index (χ2v) is 6.51. The van der Waals surface area contributed by atoms with Crippen molar-refractivity contribution in [1.29, 1.82) is 0 Å². The Kier molecular flexibility index (Phi) is 8.37.